The van der Waals surface area contributed by atoms with E-state index in [4.69, 9.17) is 10.8 Å². The third-order valence-electron chi connectivity index (χ3n) is 3.04. The molecule has 0 unspecified atom stereocenters. The summed E-state index contributed by atoms with van der Waals surface area (Å²) in [6.07, 6.45) is 0.347. The maximum atomic E-state index is 12.0. The minimum atomic E-state index is -0.995. The molecule has 0 amide bonds. The van der Waals surface area contributed by atoms with Gasteiger partial charge in [0.2, 0.25) is 6.86 Å². The number of hydrogen-bond acceptors (Lipinski definition) is 4. The Kier molecular flexibility index (Phi) is 6.11. The standard InChI is InChI=1S/C14H18FNO4/c1-9(17)13(16)7-11(14(18)19)6-10-2-4-12(5-3-10)20-8-15/h2-5,11,13H,6-8,16H2,1H3,(H,18,19)/t11-,13+/m1/s1/i15-1. The van der Waals surface area contributed by atoms with E-state index in [-0.39, 0.29) is 18.6 Å². The summed E-state index contributed by atoms with van der Waals surface area (Å²) < 4.78 is 16.6. The third-order valence-corrected chi connectivity index (χ3v) is 3.04. The zero-order valence-electron chi connectivity index (χ0n) is 11.2. The number of benzene rings is 1. The number of Topliss-reactive ketones (excluding diaryl/α,β-unsaturated/α-hetero) is 1. The number of aliphatic carboxylic acids is 1. The molecule has 1 aromatic carbocycles. The summed E-state index contributed by atoms with van der Waals surface area (Å²) in [7, 11) is 0. The average Bonchev–Trinajstić information content (AvgIpc) is 2.40. The fourth-order valence-electron chi connectivity index (χ4n) is 1.81. The first-order chi connectivity index (χ1) is 9.43. The quantitative estimate of drug-likeness (QED) is 0.755. The number of carboxylic acid groups (broad SMARTS) is 1. The van der Waals surface area contributed by atoms with Gasteiger partial charge in [-0.15, -0.1) is 0 Å². The van der Waals surface area contributed by atoms with Crippen molar-refractivity contribution in [3.8, 4) is 5.75 Å². The predicted octanol–water partition coefficient (Wildman–Crippen LogP) is 1.54. The van der Waals surface area contributed by atoms with E-state index in [0.717, 1.165) is 5.56 Å². The van der Waals surface area contributed by atoms with Crippen LogP contribution in [0.15, 0.2) is 24.3 Å². The third kappa shape index (κ3) is 4.97. The van der Waals surface area contributed by atoms with E-state index in [1.807, 2.05) is 0 Å². The molecule has 0 heterocycles. The Morgan fingerprint density at radius 1 is 1.35 bits per heavy atom. The van der Waals surface area contributed by atoms with Crippen molar-refractivity contribution in [1.82, 2.24) is 0 Å². The monoisotopic (exact) mass is 282 g/mol. The molecule has 0 aliphatic heterocycles. The summed E-state index contributed by atoms with van der Waals surface area (Å²) in [6, 6.07) is 5.70. The van der Waals surface area contributed by atoms with Gasteiger partial charge in [0.25, 0.3) is 0 Å². The van der Waals surface area contributed by atoms with Gasteiger partial charge in [-0.25, -0.2) is 4.39 Å². The first-order valence-corrected chi connectivity index (χ1v) is 6.20. The van der Waals surface area contributed by atoms with Crippen LogP contribution in [0.2, 0.25) is 0 Å². The number of rotatable bonds is 8. The molecular formula is C14H18FNO4. The van der Waals surface area contributed by atoms with Gasteiger partial charge >= 0.3 is 5.97 Å². The highest BCUT2D eigenvalue weighted by Crippen LogP contribution is 2.18. The number of carbonyl (C=O) groups excluding carboxylic acids is 1. The summed E-state index contributed by atoms with van der Waals surface area (Å²) in [4.78, 5) is 22.3. The van der Waals surface area contributed by atoms with Gasteiger partial charge in [0.15, 0.2) is 0 Å². The molecule has 0 saturated heterocycles. The van der Waals surface area contributed by atoms with Crippen LogP contribution in [0.25, 0.3) is 0 Å². The molecule has 0 aromatic heterocycles. The lowest BCUT2D eigenvalue weighted by Crippen LogP contribution is -2.33. The zero-order valence-corrected chi connectivity index (χ0v) is 11.2. The lowest BCUT2D eigenvalue weighted by Gasteiger charge is -2.16. The van der Waals surface area contributed by atoms with Gasteiger partial charge in [0.1, 0.15) is 11.5 Å². The fraction of sp³-hybridized carbons (Fsp3) is 0.429. The van der Waals surface area contributed by atoms with Gasteiger partial charge in [-0.1, -0.05) is 12.1 Å². The highest BCUT2D eigenvalue weighted by Gasteiger charge is 2.23. The Morgan fingerprint density at radius 3 is 2.40 bits per heavy atom. The van der Waals surface area contributed by atoms with Crippen LogP contribution >= 0.6 is 0 Å². The molecule has 0 fully saturated rings. The minimum absolute atomic E-state index is 0.0907. The molecule has 0 aliphatic rings. The molecule has 1 aromatic rings. The largest absolute Gasteiger partial charge is 0.481 e. The van der Waals surface area contributed by atoms with Crippen LogP contribution in [-0.4, -0.2) is 29.8 Å². The molecule has 5 nitrogen and oxygen atoms in total. The van der Waals surface area contributed by atoms with Crippen molar-refractivity contribution in [2.24, 2.45) is 11.7 Å². The average molecular weight is 282 g/mol. The van der Waals surface area contributed by atoms with E-state index in [0.29, 0.717) is 5.75 Å². The van der Waals surface area contributed by atoms with Gasteiger partial charge in [0, 0.05) is 0 Å². The molecule has 3 N–H and O–H groups in total. The Hall–Kier alpha value is -1.95. The molecule has 0 radical (unpaired) electrons. The van der Waals surface area contributed by atoms with Crippen LogP contribution in [0.3, 0.4) is 0 Å². The van der Waals surface area contributed by atoms with E-state index in [1.54, 1.807) is 24.3 Å². The van der Waals surface area contributed by atoms with E-state index < -0.39 is 24.8 Å². The predicted molar refractivity (Wildman–Crippen MR) is 71.1 cm³/mol. The number of halogens is 1. The summed E-state index contributed by atoms with van der Waals surface area (Å²) in [6.45, 7) is 0.428. The first-order valence-electron chi connectivity index (χ1n) is 6.20. The number of carbonyl (C=O) groups is 2. The van der Waals surface area contributed by atoms with Crippen molar-refractivity contribution >= 4 is 11.8 Å². The molecule has 0 bridgehead atoms. The second kappa shape index (κ2) is 7.59. The van der Waals surface area contributed by atoms with Crippen molar-refractivity contribution < 1.29 is 23.8 Å². The number of ether oxygens (including phenoxy) is 1. The maximum absolute atomic E-state index is 12.0. The normalized spacial score (nSPS) is 13.6. The van der Waals surface area contributed by atoms with Gasteiger partial charge in [-0.05, 0) is 37.5 Å². The Labute approximate surface area is 116 Å². The van der Waals surface area contributed by atoms with Gasteiger partial charge in [-0.3, -0.25) is 9.59 Å². The topological polar surface area (TPSA) is 89.6 Å². The van der Waals surface area contributed by atoms with Gasteiger partial charge in [0.05, 0.1) is 12.0 Å². The van der Waals surface area contributed by atoms with Crippen molar-refractivity contribution in [2.75, 3.05) is 6.86 Å². The van der Waals surface area contributed by atoms with Gasteiger partial charge < -0.3 is 15.6 Å². The van der Waals surface area contributed by atoms with Crippen molar-refractivity contribution in [3.63, 3.8) is 0 Å². The fourth-order valence-corrected chi connectivity index (χ4v) is 1.81. The molecule has 0 spiro atoms. The first kappa shape index (κ1) is 16.1. The van der Waals surface area contributed by atoms with E-state index in [2.05, 4.69) is 4.74 Å². The summed E-state index contributed by atoms with van der Waals surface area (Å²) in [5.74, 6) is -1.58. The SMILES string of the molecule is CC(=O)[C@@H](N)C[C@@H](Cc1ccc(OC[18F])cc1)C(=O)O. The van der Waals surface area contributed by atoms with Gasteiger partial charge in [-0.2, -0.15) is 0 Å². The van der Waals surface area contributed by atoms with E-state index in [1.165, 1.54) is 6.92 Å². The Balaban J connectivity index is 2.70. The van der Waals surface area contributed by atoms with Crippen LogP contribution in [0, 0.1) is 5.92 Å². The minimum Gasteiger partial charge on any atom is -0.481 e. The van der Waals surface area contributed by atoms with Crippen LogP contribution in [-0.2, 0) is 16.0 Å². The molecule has 1 rings (SSSR count). The maximum Gasteiger partial charge on any atom is 0.306 e. The molecule has 0 saturated carbocycles. The van der Waals surface area contributed by atoms with Crippen LogP contribution < -0.4 is 10.5 Å². The second-order valence-corrected chi connectivity index (χ2v) is 4.59. The molecular weight excluding hydrogens is 264 g/mol. The molecule has 110 valence electrons. The number of hydrogen-bond donors (Lipinski definition) is 2. The molecule has 20 heavy (non-hydrogen) atoms. The zero-order chi connectivity index (χ0) is 15.1. The van der Waals surface area contributed by atoms with Crippen molar-refractivity contribution in [2.45, 2.75) is 25.8 Å². The Morgan fingerprint density at radius 2 is 1.95 bits per heavy atom. The number of alkyl halides is 1. The van der Waals surface area contributed by atoms with Crippen LogP contribution in [0.1, 0.15) is 18.9 Å². The van der Waals surface area contributed by atoms with Crippen LogP contribution in [0.5, 0.6) is 5.75 Å². The molecule has 0 aliphatic carbocycles. The summed E-state index contributed by atoms with van der Waals surface area (Å²) >= 11 is 0. The summed E-state index contributed by atoms with van der Waals surface area (Å²) in [5.41, 5.74) is 6.36. The number of nitrogens with two attached hydrogens (primary N) is 1. The Bertz CT molecular complexity index is 461. The van der Waals surface area contributed by atoms with E-state index in [9.17, 15) is 14.0 Å². The lowest BCUT2D eigenvalue weighted by atomic mass is 9.92. The van der Waals surface area contributed by atoms with Crippen LogP contribution in [0.4, 0.5) is 4.39 Å². The van der Waals surface area contributed by atoms with Crippen molar-refractivity contribution in [1.29, 1.82) is 0 Å². The summed E-state index contributed by atoms with van der Waals surface area (Å²) in [5, 5.41) is 9.16. The molecule has 6 heteroatoms. The molecule has 2 atom stereocenters. The number of carboxylic acids is 1. The lowest BCUT2D eigenvalue weighted by molar-refractivity contribution is -0.142. The second-order valence-electron chi connectivity index (χ2n) is 4.59. The van der Waals surface area contributed by atoms with Crippen molar-refractivity contribution in [3.05, 3.63) is 29.8 Å². The smallest absolute Gasteiger partial charge is 0.306 e. The number of ketones is 1. The highest BCUT2D eigenvalue weighted by molar-refractivity contribution is 5.82. The van der Waals surface area contributed by atoms with E-state index >= 15 is 0 Å². The highest BCUT2D eigenvalue weighted by atomic mass is 18.2.